The van der Waals surface area contributed by atoms with E-state index in [1.807, 2.05) is 19.2 Å². The second kappa shape index (κ2) is 6.03. The lowest BCUT2D eigenvalue weighted by atomic mass is 10.00. The van der Waals surface area contributed by atoms with E-state index in [0.717, 1.165) is 12.2 Å². The highest BCUT2D eigenvalue weighted by Crippen LogP contribution is 2.25. The molecule has 0 fully saturated rings. The van der Waals surface area contributed by atoms with Crippen molar-refractivity contribution in [2.24, 2.45) is 0 Å². The third kappa shape index (κ3) is 2.92. The van der Waals surface area contributed by atoms with Crippen molar-refractivity contribution in [1.29, 1.82) is 0 Å². The average Bonchev–Trinajstić information content (AvgIpc) is 2.83. The van der Waals surface area contributed by atoms with Crippen LogP contribution in [0.2, 0.25) is 0 Å². The highest BCUT2D eigenvalue weighted by atomic mass is 32.1. The van der Waals surface area contributed by atoms with Gasteiger partial charge >= 0.3 is 0 Å². The van der Waals surface area contributed by atoms with Gasteiger partial charge in [-0.2, -0.15) is 0 Å². The number of ether oxygens (including phenoxy) is 1. The third-order valence-corrected chi connectivity index (χ3v) is 4.08. The largest absolute Gasteiger partial charge is 0.497 e. The van der Waals surface area contributed by atoms with Crippen LogP contribution in [0, 0.1) is 6.92 Å². The van der Waals surface area contributed by atoms with Gasteiger partial charge in [0.05, 0.1) is 7.11 Å². The highest BCUT2D eigenvalue weighted by Gasteiger charge is 2.13. The normalized spacial score (nSPS) is 12.4. The summed E-state index contributed by atoms with van der Waals surface area (Å²) in [5.41, 5.74) is 2.72. The number of thiophene rings is 1. The van der Waals surface area contributed by atoms with Gasteiger partial charge in [-0.05, 0) is 55.1 Å². The van der Waals surface area contributed by atoms with Crippen molar-refractivity contribution in [3.8, 4) is 5.75 Å². The summed E-state index contributed by atoms with van der Waals surface area (Å²) in [5, 5.41) is 5.55. The van der Waals surface area contributed by atoms with Crippen LogP contribution in [-0.2, 0) is 6.42 Å². The van der Waals surface area contributed by atoms with Crippen molar-refractivity contribution in [3.63, 3.8) is 0 Å². The predicted octanol–water partition coefficient (Wildman–Crippen LogP) is 3.57. The van der Waals surface area contributed by atoms with Crippen LogP contribution in [0.5, 0.6) is 5.75 Å². The molecule has 0 aliphatic carbocycles. The van der Waals surface area contributed by atoms with Crippen LogP contribution >= 0.6 is 11.3 Å². The van der Waals surface area contributed by atoms with E-state index in [2.05, 4.69) is 35.8 Å². The first-order valence-electron chi connectivity index (χ1n) is 6.08. The predicted molar refractivity (Wildman–Crippen MR) is 77.6 cm³/mol. The smallest absolute Gasteiger partial charge is 0.118 e. The number of rotatable bonds is 5. The molecule has 0 saturated heterocycles. The summed E-state index contributed by atoms with van der Waals surface area (Å²) in [4.78, 5) is 1.39. The van der Waals surface area contributed by atoms with E-state index in [0.29, 0.717) is 6.04 Å². The Balaban J connectivity index is 2.13. The Morgan fingerprint density at radius 1 is 1.22 bits per heavy atom. The van der Waals surface area contributed by atoms with Gasteiger partial charge in [0, 0.05) is 10.9 Å². The number of hydrogen-bond acceptors (Lipinski definition) is 3. The van der Waals surface area contributed by atoms with Gasteiger partial charge in [0.1, 0.15) is 5.75 Å². The Labute approximate surface area is 113 Å². The van der Waals surface area contributed by atoms with E-state index in [9.17, 15) is 0 Å². The van der Waals surface area contributed by atoms with E-state index >= 15 is 0 Å². The van der Waals surface area contributed by atoms with Crippen LogP contribution in [0.4, 0.5) is 0 Å². The van der Waals surface area contributed by atoms with Crippen LogP contribution < -0.4 is 10.1 Å². The maximum atomic E-state index is 5.18. The monoisotopic (exact) mass is 261 g/mol. The zero-order chi connectivity index (χ0) is 13.0. The molecule has 0 radical (unpaired) electrons. The van der Waals surface area contributed by atoms with E-state index in [-0.39, 0.29) is 0 Å². The molecule has 3 heteroatoms. The third-order valence-electron chi connectivity index (χ3n) is 3.22. The maximum Gasteiger partial charge on any atom is 0.118 e. The molecule has 18 heavy (non-hydrogen) atoms. The lowest BCUT2D eigenvalue weighted by Gasteiger charge is -2.16. The summed E-state index contributed by atoms with van der Waals surface area (Å²) >= 11 is 1.80. The first kappa shape index (κ1) is 13.1. The molecule has 2 rings (SSSR count). The Morgan fingerprint density at radius 2 is 1.94 bits per heavy atom. The number of methoxy groups -OCH3 is 1. The SMILES string of the molecule is CNC(Cc1ccc(OC)cc1)c1ccsc1C. The highest BCUT2D eigenvalue weighted by molar-refractivity contribution is 7.10. The van der Waals surface area contributed by atoms with E-state index in [1.54, 1.807) is 18.4 Å². The Kier molecular flexibility index (Phi) is 4.39. The van der Waals surface area contributed by atoms with Gasteiger partial charge in [-0.1, -0.05) is 12.1 Å². The fourth-order valence-corrected chi connectivity index (χ4v) is 2.89. The first-order chi connectivity index (χ1) is 8.74. The van der Waals surface area contributed by atoms with E-state index in [1.165, 1.54) is 16.0 Å². The van der Waals surface area contributed by atoms with Crippen LogP contribution in [0.15, 0.2) is 35.7 Å². The molecule has 1 aromatic carbocycles. The summed E-state index contributed by atoms with van der Waals surface area (Å²) in [7, 11) is 3.71. The quantitative estimate of drug-likeness (QED) is 0.888. The molecule has 0 bridgehead atoms. The number of hydrogen-bond donors (Lipinski definition) is 1. The fourth-order valence-electron chi connectivity index (χ4n) is 2.12. The molecule has 0 aliphatic rings. The van der Waals surface area contributed by atoms with Crippen LogP contribution in [0.25, 0.3) is 0 Å². The number of benzene rings is 1. The van der Waals surface area contributed by atoms with E-state index in [4.69, 9.17) is 4.74 Å². The maximum absolute atomic E-state index is 5.18. The molecule has 0 spiro atoms. The summed E-state index contributed by atoms with van der Waals surface area (Å²) < 4.78 is 5.18. The Morgan fingerprint density at radius 3 is 2.44 bits per heavy atom. The van der Waals surface area contributed by atoms with Crippen molar-refractivity contribution in [2.75, 3.05) is 14.2 Å². The lowest BCUT2D eigenvalue weighted by molar-refractivity contribution is 0.414. The van der Waals surface area contributed by atoms with Gasteiger partial charge in [-0.3, -0.25) is 0 Å². The summed E-state index contributed by atoms with van der Waals surface area (Å²) in [5.74, 6) is 0.909. The standard InChI is InChI=1S/C15H19NOS/c1-11-14(8-9-18-11)15(16-2)10-12-4-6-13(17-3)7-5-12/h4-9,15-16H,10H2,1-3H3. The van der Waals surface area contributed by atoms with Gasteiger partial charge in [-0.25, -0.2) is 0 Å². The second-order valence-corrected chi connectivity index (χ2v) is 5.45. The lowest BCUT2D eigenvalue weighted by Crippen LogP contribution is -2.18. The van der Waals surface area contributed by atoms with Crippen LogP contribution in [-0.4, -0.2) is 14.2 Å². The zero-order valence-electron chi connectivity index (χ0n) is 11.1. The molecule has 2 aromatic rings. The van der Waals surface area contributed by atoms with E-state index < -0.39 is 0 Å². The minimum absolute atomic E-state index is 0.379. The molecule has 2 nitrogen and oxygen atoms in total. The Hall–Kier alpha value is -1.32. The molecule has 0 amide bonds. The van der Waals surface area contributed by atoms with Crippen molar-refractivity contribution in [1.82, 2.24) is 5.32 Å². The molecule has 1 aromatic heterocycles. The minimum Gasteiger partial charge on any atom is -0.497 e. The Bertz CT molecular complexity index is 489. The van der Waals surface area contributed by atoms with Crippen molar-refractivity contribution in [3.05, 3.63) is 51.7 Å². The molecular formula is C15H19NOS. The van der Waals surface area contributed by atoms with Gasteiger partial charge in [-0.15, -0.1) is 11.3 Å². The molecular weight excluding hydrogens is 242 g/mol. The molecule has 96 valence electrons. The fraction of sp³-hybridized carbons (Fsp3) is 0.333. The van der Waals surface area contributed by atoms with Crippen molar-refractivity contribution >= 4 is 11.3 Å². The van der Waals surface area contributed by atoms with Gasteiger partial charge in [0.15, 0.2) is 0 Å². The van der Waals surface area contributed by atoms with Gasteiger partial charge in [0.25, 0.3) is 0 Å². The number of likely N-dealkylation sites (N-methyl/N-ethyl adjacent to an activating group) is 1. The first-order valence-corrected chi connectivity index (χ1v) is 6.96. The summed E-state index contributed by atoms with van der Waals surface area (Å²) in [6.07, 6.45) is 0.998. The molecule has 1 unspecified atom stereocenters. The van der Waals surface area contributed by atoms with Crippen molar-refractivity contribution in [2.45, 2.75) is 19.4 Å². The average molecular weight is 261 g/mol. The molecule has 1 N–H and O–H groups in total. The van der Waals surface area contributed by atoms with Crippen molar-refractivity contribution < 1.29 is 4.74 Å². The molecule has 1 heterocycles. The topological polar surface area (TPSA) is 21.3 Å². The molecule has 1 atom stereocenters. The van der Waals surface area contributed by atoms with Gasteiger partial charge in [0.2, 0.25) is 0 Å². The zero-order valence-corrected chi connectivity index (χ0v) is 11.9. The number of nitrogens with one attached hydrogen (secondary N) is 1. The minimum atomic E-state index is 0.379. The molecule has 0 saturated carbocycles. The van der Waals surface area contributed by atoms with Crippen LogP contribution in [0.3, 0.4) is 0 Å². The second-order valence-electron chi connectivity index (χ2n) is 4.33. The van der Waals surface area contributed by atoms with Crippen LogP contribution in [0.1, 0.15) is 22.0 Å². The summed E-state index contributed by atoms with van der Waals surface area (Å²) in [6, 6.07) is 10.9. The van der Waals surface area contributed by atoms with Gasteiger partial charge < -0.3 is 10.1 Å². The summed E-state index contributed by atoms with van der Waals surface area (Å²) in [6.45, 7) is 2.18. The number of aryl methyl sites for hydroxylation is 1. The molecule has 0 aliphatic heterocycles.